The van der Waals surface area contributed by atoms with E-state index in [9.17, 15) is 9.50 Å². The molecule has 2 rings (SSSR count). The van der Waals surface area contributed by atoms with Crippen LogP contribution in [0.15, 0.2) is 12.1 Å². The first-order valence-electron chi connectivity index (χ1n) is 6.25. The summed E-state index contributed by atoms with van der Waals surface area (Å²) in [5, 5.41) is 13.0. The molecule has 2 N–H and O–H groups in total. The first kappa shape index (κ1) is 12.5. The fraction of sp³-hybridized carbons (Fsp3) is 0.571. The van der Waals surface area contributed by atoms with E-state index in [1.165, 1.54) is 0 Å². The molecule has 94 valence electrons. The van der Waals surface area contributed by atoms with Gasteiger partial charge >= 0.3 is 0 Å². The van der Waals surface area contributed by atoms with Gasteiger partial charge in [0.25, 0.3) is 0 Å². The normalized spacial score (nSPS) is 24.2. The van der Waals surface area contributed by atoms with E-state index in [2.05, 4.69) is 5.32 Å². The van der Waals surface area contributed by atoms with Gasteiger partial charge in [0.05, 0.1) is 6.10 Å². The summed E-state index contributed by atoms with van der Waals surface area (Å²) in [6.45, 7) is 4.27. The zero-order chi connectivity index (χ0) is 12.4. The van der Waals surface area contributed by atoms with Gasteiger partial charge in [-0.05, 0) is 49.8 Å². The first-order valence-corrected chi connectivity index (χ1v) is 6.25. The maximum Gasteiger partial charge on any atom is 0.129 e. The lowest BCUT2D eigenvalue weighted by atomic mass is 10.1. The molecule has 1 aliphatic rings. The van der Waals surface area contributed by atoms with E-state index in [-0.39, 0.29) is 18.0 Å². The number of aliphatic hydroxyl groups is 1. The molecule has 1 aromatic carbocycles. The number of aliphatic hydroxyl groups excluding tert-OH is 1. The lowest BCUT2D eigenvalue weighted by Gasteiger charge is -2.17. The molecular formula is C14H20FNO. The van der Waals surface area contributed by atoms with Gasteiger partial charge in [0.2, 0.25) is 0 Å². The summed E-state index contributed by atoms with van der Waals surface area (Å²) in [5.41, 5.74) is 2.46. The molecule has 3 heteroatoms. The summed E-state index contributed by atoms with van der Waals surface area (Å²) in [7, 11) is 0. The first-order chi connectivity index (χ1) is 8.08. The average Bonchev–Trinajstić information content (AvgIpc) is 2.69. The number of hydrogen-bond donors (Lipinski definition) is 2. The minimum Gasteiger partial charge on any atom is -0.392 e. The van der Waals surface area contributed by atoms with E-state index < -0.39 is 0 Å². The van der Waals surface area contributed by atoms with Crippen LogP contribution in [0.2, 0.25) is 0 Å². The maximum absolute atomic E-state index is 13.5. The van der Waals surface area contributed by atoms with Crippen molar-refractivity contribution in [3.8, 4) is 0 Å². The summed E-state index contributed by atoms with van der Waals surface area (Å²) < 4.78 is 13.5. The minimum absolute atomic E-state index is 0.116. The van der Waals surface area contributed by atoms with Crippen LogP contribution in [0, 0.1) is 19.7 Å². The number of nitrogens with one attached hydrogen (secondary N) is 1. The molecule has 2 atom stereocenters. The van der Waals surface area contributed by atoms with Gasteiger partial charge in [0.15, 0.2) is 0 Å². The van der Waals surface area contributed by atoms with E-state index in [1.807, 2.05) is 12.1 Å². The highest BCUT2D eigenvalue weighted by Crippen LogP contribution is 2.20. The van der Waals surface area contributed by atoms with Gasteiger partial charge in [-0.15, -0.1) is 0 Å². The Bertz CT molecular complexity index is 382. The van der Waals surface area contributed by atoms with Crippen LogP contribution in [0.3, 0.4) is 0 Å². The van der Waals surface area contributed by atoms with Crippen molar-refractivity contribution in [2.24, 2.45) is 0 Å². The summed E-state index contributed by atoms with van der Waals surface area (Å²) in [6.07, 6.45) is 2.78. The molecule has 1 aliphatic carbocycles. The van der Waals surface area contributed by atoms with Crippen LogP contribution < -0.4 is 5.32 Å². The molecule has 0 heterocycles. The van der Waals surface area contributed by atoms with Gasteiger partial charge in [0.1, 0.15) is 5.82 Å². The molecule has 0 bridgehead atoms. The SMILES string of the molecule is Cc1cc(CN[C@@H]2CCC[C@H]2O)cc(C)c1F. The van der Waals surface area contributed by atoms with Gasteiger partial charge in [0, 0.05) is 12.6 Å². The molecule has 1 saturated carbocycles. The molecule has 1 aromatic rings. The van der Waals surface area contributed by atoms with Crippen LogP contribution in [-0.4, -0.2) is 17.3 Å². The van der Waals surface area contributed by atoms with E-state index in [4.69, 9.17) is 0 Å². The standard InChI is InChI=1S/C14H20FNO/c1-9-6-11(7-10(2)14(9)15)8-16-12-4-3-5-13(12)17/h6-7,12-13,16-17H,3-5,8H2,1-2H3/t12-,13-/m1/s1. The molecule has 0 unspecified atom stereocenters. The second kappa shape index (κ2) is 5.15. The average molecular weight is 237 g/mol. The predicted octanol–water partition coefficient (Wildman–Crippen LogP) is 2.45. The van der Waals surface area contributed by atoms with E-state index >= 15 is 0 Å². The molecule has 0 aromatic heterocycles. The van der Waals surface area contributed by atoms with Gasteiger partial charge in [-0.1, -0.05) is 12.1 Å². The van der Waals surface area contributed by atoms with Crippen molar-refractivity contribution < 1.29 is 9.50 Å². The Labute approximate surface area is 102 Å². The second-order valence-corrected chi connectivity index (χ2v) is 5.03. The van der Waals surface area contributed by atoms with Crippen molar-refractivity contribution in [2.45, 2.75) is 51.8 Å². The third-order valence-electron chi connectivity index (χ3n) is 3.54. The van der Waals surface area contributed by atoms with Crippen molar-refractivity contribution in [2.75, 3.05) is 0 Å². The van der Waals surface area contributed by atoms with Crippen molar-refractivity contribution >= 4 is 0 Å². The summed E-state index contributed by atoms with van der Waals surface area (Å²) in [4.78, 5) is 0. The summed E-state index contributed by atoms with van der Waals surface area (Å²) >= 11 is 0. The molecule has 0 radical (unpaired) electrons. The van der Waals surface area contributed by atoms with Gasteiger partial charge in [-0.2, -0.15) is 0 Å². The van der Waals surface area contributed by atoms with Crippen molar-refractivity contribution in [1.29, 1.82) is 0 Å². The Morgan fingerprint density at radius 1 is 1.29 bits per heavy atom. The highest BCUT2D eigenvalue weighted by Gasteiger charge is 2.24. The van der Waals surface area contributed by atoms with Crippen molar-refractivity contribution in [3.63, 3.8) is 0 Å². The monoisotopic (exact) mass is 237 g/mol. The zero-order valence-corrected chi connectivity index (χ0v) is 10.5. The van der Waals surface area contributed by atoms with E-state index in [0.717, 1.165) is 24.8 Å². The smallest absolute Gasteiger partial charge is 0.129 e. The molecule has 17 heavy (non-hydrogen) atoms. The third-order valence-corrected chi connectivity index (χ3v) is 3.54. The quantitative estimate of drug-likeness (QED) is 0.846. The van der Waals surface area contributed by atoms with Crippen LogP contribution in [-0.2, 0) is 6.54 Å². The fourth-order valence-electron chi connectivity index (χ4n) is 2.57. The fourth-order valence-corrected chi connectivity index (χ4v) is 2.57. The Kier molecular flexibility index (Phi) is 3.79. The largest absolute Gasteiger partial charge is 0.392 e. The molecule has 0 spiro atoms. The summed E-state index contributed by atoms with van der Waals surface area (Å²) in [6, 6.07) is 3.94. The Balaban J connectivity index is 1.99. The van der Waals surface area contributed by atoms with E-state index in [1.54, 1.807) is 13.8 Å². The van der Waals surface area contributed by atoms with E-state index in [0.29, 0.717) is 17.7 Å². The Morgan fingerprint density at radius 2 is 1.94 bits per heavy atom. The van der Waals surface area contributed by atoms with Gasteiger partial charge in [-0.25, -0.2) is 4.39 Å². The zero-order valence-electron chi connectivity index (χ0n) is 10.5. The molecule has 2 nitrogen and oxygen atoms in total. The maximum atomic E-state index is 13.5. The van der Waals surface area contributed by atoms with Crippen molar-refractivity contribution in [1.82, 2.24) is 5.32 Å². The van der Waals surface area contributed by atoms with Gasteiger partial charge < -0.3 is 10.4 Å². The van der Waals surface area contributed by atoms with Crippen molar-refractivity contribution in [3.05, 3.63) is 34.6 Å². The van der Waals surface area contributed by atoms with Crippen LogP contribution in [0.4, 0.5) is 4.39 Å². The number of hydrogen-bond acceptors (Lipinski definition) is 2. The lowest BCUT2D eigenvalue weighted by Crippen LogP contribution is -2.35. The Morgan fingerprint density at radius 3 is 2.47 bits per heavy atom. The van der Waals surface area contributed by atoms with Crippen LogP contribution in [0.5, 0.6) is 0 Å². The molecule has 0 aliphatic heterocycles. The minimum atomic E-state index is -0.224. The highest BCUT2D eigenvalue weighted by atomic mass is 19.1. The molecule has 1 fully saturated rings. The predicted molar refractivity (Wildman–Crippen MR) is 66.4 cm³/mol. The number of rotatable bonds is 3. The van der Waals surface area contributed by atoms with Crippen LogP contribution >= 0.6 is 0 Å². The summed E-state index contributed by atoms with van der Waals surface area (Å²) in [5.74, 6) is -0.116. The van der Waals surface area contributed by atoms with Crippen LogP contribution in [0.1, 0.15) is 36.0 Å². The number of benzene rings is 1. The van der Waals surface area contributed by atoms with Gasteiger partial charge in [-0.3, -0.25) is 0 Å². The van der Waals surface area contributed by atoms with Crippen LogP contribution in [0.25, 0.3) is 0 Å². The molecular weight excluding hydrogens is 217 g/mol. The topological polar surface area (TPSA) is 32.3 Å². The molecule has 0 saturated heterocycles. The molecule has 0 amide bonds. The second-order valence-electron chi connectivity index (χ2n) is 5.03. The lowest BCUT2D eigenvalue weighted by molar-refractivity contribution is 0.148. The number of aryl methyl sites for hydroxylation is 2. The third kappa shape index (κ3) is 2.85. The highest BCUT2D eigenvalue weighted by molar-refractivity contribution is 5.30. The number of halogens is 1. The Hall–Kier alpha value is -0.930.